The van der Waals surface area contributed by atoms with Crippen LogP contribution in [0.2, 0.25) is 0 Å². The summed E-state index contributed by atoms with van der Waals surface area (Å²) >= 11 is 0. The Morgan fingerprint density at radius 1 is 1.46 bits per heavy atom. The van der Waals surface area contributed by atoms with Gasteiger partial charge in [0.1, 0.15) is 11.9 Å². The van der Waals surface area contributed by atoms with Gasteiger partial charge in [-0.3, -0.25) is 4.98 Å². The maximum absolute atomic E-state index is 5.59. The van der Waals surface area contributed by atoms with Crippen molar-refractivity contribution in [2.24, 2.45) is 0 Å². The lowest BCUT2D eigenvalue weighted by molar-refractivity contribution is 0.148. The van der Waals surface area contributed by atoms with Crippen LogP contribution in [0, 0.1) is 0 Å². The molecule has 68 valence electrons. The molecule has 2 heteroatoms. The number of pyridine rings is 1. The molecule has 13 heavy (non-hydrogen) atoms. The molecule has 2 nitrogen and oxygen atoms in total. The van der Waals surface area contributed by atoms with Gasteiger partial charge in [-0.15, -0.1) is 0 Å². The van der Waals surface area contributed by atoms with Crippen LogP contribution >= 0.6 is 0 Å². The summed E-state index contributed by atoms with van der Waals surface area (Å²) < 4.78 is 5.59. The van der Waals surface area contributed by atoms with E-state index in [4.69, 9.17) is 4.74 Å². The van der Waals surface area contributed by atoms with Crippen LogP contribution in [-0.2, 0) is 4.74 Å². The zero-order valence-corrected chi connectivity index (χ0v) is 7.95. The van der Waals surface area contributed by atoms with Gasteiger partial charge in [0.2, 0.25) is 0 Å². The molecule has 0 aromatic carbocycles. The van der Waals surface area contributed by atoms with Crippen molar-refractivity contribution in [2.75, 3.05) is 0 Å². The van der Waals surface area contributed by atoms with Gasteiger partial charge in [0.15, 0.2) is 0 Å². The van der Waals surface area contributed by atoms with Crippen molar-refractivity contribution in [3.05, 3.63) is 36.2 Å². The first-order valence-electron chi connectivity index (χ1n) is 4.51. The molecule has 0 spiro atoms. The standard InChI is InChI=1S/C11H13NO/c1-7-8(2)13-9(3)10-5-4-6-12-11(7)10/h4-8H,3H2,1-2H3/t7-,8-/m1/s1. The van der Waals surface area contributed by atoms with Gasteiger partial charge >= 0.3 is 0 Å². The van der Waals surface area contributed by atoms with E-state index in [1.54, 1.807) is 0 Å². The molecule has 0 bridgehead atoms. The van der Waals surface area contributed by atoms with Gasteiger partial charge in [0, 0.05) is 17.7 Å². The zero-order chi connectivity index (χ0) is 9.42. The maximum Gasteiger partial charge on any atom is 0.121 e. The van der Waals surface area contributed by atoms with E-state index in [0.717, 1.165) is 17.0 Å². The predicted molar refractivity (Wildman–Crippen MR) is 52.2 cm³/mol. The topological polar surface area (TPSA) is 22.1 Å². The van der Waals surface area contributed by atoms with Crippen molar-refractivity contribution in [1.82, 2.24) is 4.98 Å². The Labute approximate surface area is 78.3 Å². The smallest absolute Gasteiger partial charge is 0.121 e. The fourth-order valence-corrected chi connectivity index (χ4v) is 1.63. The molecule has 1 aliphatic rings. The maximum atomic E-state index is 5.59. The Morgan fingerprint density at radius 3 is 3.00 bits per heavy atom. The predicted octanol–water partition coefficient (Wildman–Crippen LogP) is 2.57. The lowest BCUT2D eigenvalue weighted by Gasteiger charge is -2.29. The van der Waals surface area contributed by atoms with E-state index in [-0.39, 0.29) is 6.10 Å². The minimum atomic E-state index is 0.176. The number of aromatic nitrogens is 1. The Bertz CT molecular complexity index is 346. The van der Waals surface area contributed by atoms with Crippen LogP contribution < -0.4 is 0 Å². The Balaban J connectivity index is 2.53. The molecular formula is C11H13NO. The van der Waals surface area contributed by atoms with E-state index >= 15 is 0 Å². The molecule has 1 aromatic rings. The van der Waals surface area contributed by atoms with Crippen LogP contribution in [-0.4, -0.2) is 11.1 Å². The molecule has 0 unspecified atom stereocenters. The number of ether oxygens (including phenoxy) is 1. The van der Waals surface area contributed by atoms with Crippen molar-refractivity contribution in [1.29, 1.82) is 0 Å². The molecule has 2 heterocycles. The van der Waals surface area contributed by atoms with E-state index in [2.05, 4.69) is 18.5 Å². The number of nitrogens with zero attached hydrogens (tertiary/aromatic N) is 1. The molecule has 2 rings (SSSR count). The van der Waals surface area contributed by atoms with Gasteiger partial charge < -0.3 is 4.74 Å². The van der Waals surface area contributed by atoms with Crippen LogP contribution in [0.5, 0.6) is 0 Å². The van der Waals surface area contributed by atoms with E-state index in [9.17, 15) is 0 Å². The first kappa shape index (κ1) is 8.30. The van der Waals surface area contributed by atoms with Gasteiger partial charge in [-0.25, -0.2) is 0 Å². The molecule has 1 aliphatic heterocycles. The second kappa shape index (κ2) is 2.87. The molecule has 0 radical (unpaired) electrons. The highest BCUT2D eigenvalue weighted by atomic mass is 16.5. The van der Waals surface area contributed by atoms with Crippen molar-refractivity contribution in [3.63, 3.8) is 0 Å². The van der Waals surface area contributed by atoms with Crippen LogP contribution in [0.1, 0.15) is 31.0 Å². The highest BCUT2D eigenvalue weighted by molar-refractivity contribution is 5.62. The largest absolute Gasteiger partial charge is 0.490 e. The van der Waals surface area contributed by atoms with Crippen LogP contribution in [0.15, 0.2) is 24.9 Å². The third-order valence-corrected chi connectivity index (χ3v) is 2.60. The van der Waals surface area contributed by atoms with Gasteiger partial charge in [-0.2, -0.15) is 0 Å². The van der Waals surface area contributed by atoms with E-state index in [1.807, 2.05) is 25.3 Å². The van der Waals surface area contributed by atoms with Crippen molar-refractivity contribution in [3.8, 4) is 0 Å². The van der Waals surface area contributed by atoms with Crippen LogP contribution in [0.25, 0.3) is 5.76 Å². The number of rotatable bonds is 0. The fourth-order valence-electron chi connectivity index (χ4n) is 1.63. The Morgan fingerprint density at radius 2 is 2.23 bits per heavy atom. The summed E-state index contributed by atoms with van der Waals surface area (Å²) in [5.41, 5.74) is 2.15. The zero-order valence-electron chi connectivity index (χ0n) is 7.95. The molecule has 0 aliphatic carbocycles. The van der Waals surface area contributed by atoms with Gasteiger partial charge in [0.05, 0.1) is 5.69 Å². The summed E-state index contributed by atoms with van der Waals surface area (Å²) in [5.74, 6) is 1.09. The first-order chi connectivity index (χ1) is 6.20. The minimum absolute atomic E-state index is 0.176. The summed E-state index contributed by atoms with van der Waals surface area (Å²) in [6, 6.07) is 3.92. The highest BCUT2D eigenvalue weighted by Gasteiger charge is 2.27. The second-order valence-corrected chi connectivity index (χ2v) is 3.47. The normalized spacial score (nSPS) is 26.5. The summed E-state index contributed by atoms with van der Waals surface area (Å²) in [6.07, 6.45) is 2.00. The monoisotopic (exact) mass is 175 g/mol. The van der Waals surface area contributed by atoms with Crippen molar-refractivity contribution in [2.45, 2.75) is 25.9 Å². The highest BCUT2D eigenvalue weighted by Crippen LogP contribution is 2.34. The Kier molecular flexibility index (Phi) is 1.83. The van der Waals surface area contributed by atoms with Gasteiger partial charge in [0.25, 0.3) is 0 Å². The molecule has 0 saturated carbocycles. The summed E-state index contributed by atoms with van der Waals surface area (Å²) in [5, 5.41) is 0. The van der Waals surface area contributed by atoms with Crippen LogP contribution in [0.4, 0.5) is 0 Å². The number of fused-ring (bicyclic) bond motifs is 1. The lowest BCUT2D eigenvalue weighted by Crippen LogP contribution is -2.23. The van der Waals surface area contributed by atoms with E-state index in [0.29, 0.717) is 5.92 Å². The molecule has 2 atom stereocenters. The third-order valence-electron chi connectivity index (χ3n) is 2.60. The number of hydrogen-bond acceptors (Lipinski definition) is 2. The molecule has 0 N–H and O–H groups in total. The molecular weight excluding hydrogens is 162 g/mol. The van der Waals surface area contributed by atoms with Crippen molar-refractivity contribution < 1.29 is 4.74 Å². The molecule has 0 fully saturated rings. The molecule has 0 saturated heterocycles. The second-order valence-electron chi connectivity index (χ2n) is 3.47. The third kappa shape index (κ3) is 1.22. The number of hydrogen-bond donors (Lipinski definition) is 0. The summed E-state index contributed by atoms with van der Waals surface area (Å²) in [7, 11) is 0. The Hall–Kier alpha value is -1.31. The minimum Gasteiger partial charge on any atom is -0.490 e. The quantitative estimate of drug-likeness (QED) is 0.604. The van der Waals surface area contributed by atoms with Crippen molar-refractivity contribution >= 4 is 5.76 Å². The van der Waals surface area contributed by atoms with Gasteiger partial charge in [-0.05, 0) is 19.1 Å². The summed E-state index contributed by atoms with van der Waals surface area (Å²) in [6.45, 7) is 8.06. The summed E-state index contributed by atoms with van der Waals surface area (Å²) in [4.78, 5) is 4.36. The van der Waals surface area contributed by atoms with Gasteiger partial charge in [-0.1, -0.05) is 13.5 Å². The molecule has 1 aromatic heterocycles. The SMILES string of the molecule is C=C1O[C@H](C)[C@@H](C)c2ncccc21. The van der Waals surface area contributed by atoms with E-state index < -0.39 is 0 Å². The lowest BCUT2D eigenvalue weighted by atomic mass is 9.93. The first-order valence-corrected chi connectivity index (χ1v) is 4.51. The average Bonchev–Trinajstić information content (AvgIpc) is 2.15. The van der Waals surface area contributed by atoms with E-state index in [1.165, 1.54) is 0 Å². The molecule has 0 amide bonds. The van der Waals surface area contributed by atoms with Crippen LogP contribution in [0.3, 0.4) is 0 Å². The fraction of sp³-hybridized carbons (Fsp3) is 0.364. The average molecular weight is 175 g/mol.